The van der Waals surface area contributed by atoms with Gasteiger partial charge in [0.25, 0.3) is 5.91 Å². The lowest BCUT2D eigenvalue weighted by molar-refractivity contribution is 0.0607. The molecule has 0 bridgehead atoms. The zero-order chi connectivity index (χ0) is 21.8. The molecule has 7 nitrogen and oxygen atoms in total. The summed E-state index contributed by atoms with van der Waals surface area (Å²) in [6.45, 7) is 4.53. The van der Waals surface area contributed by atoms with E-state index in [4.69, 9.17) is 4.42 Å². The molecule has 1 aromatic carbocycles. The number of aryl methyl sites for hydroxylation is 1. The Labute approximate surface area is 184 Å². The number of thiazole rings is 1. The van der Waals surface area contributed by atoms with Crippen molar-refractivity contribution in [1.29, 1.82) is 5.26 Å². The van der Waals surface area contributed by atoms with Crippen molar-refractivity contribution < 1.29 is 14.3 Å². The van der Waals surface area contributed by atoms with E-state index in [0.29, 0.717) is 36.9 Å². The summed E-state index contributed by atoms with van der Waals surface area (Å²) in [5, 5.41) is 22.7. The largest absolute Gasteiger partial charge is 0.509 e. The number of nitrogens with zero attached hydrogens (tertiary/aromatic N) is 4. The minimum Gasteiger partial charge on any atom is -0.509 e. The number of benzene rings is 1. The molecule has 2 aromatic heterocycles. The van der Waals surface area contributed by atoms with Gasteiger partial charge in [-0.15, -0.1) is 11.3 Å². The average Bonchev–Trinajstić information content (AvgIpc) is 3.48. The van der Waals surface area contributed by atoms with E-state index >= 15 is 0 Å². The van der Waals surface area contributed by atoms with E-state index in [1.165, 1.54) is 23.2 Å². The number of hydrogen-bond donors (Lipinski definition) is 1. The van der Waals surface area contributed by atoms with E-state index in [1.54, 1.807) is 17.0 Å². The highest BCUT2D eigenvalue weighted by Crippen LogP contribution is 2.27. The van der Waals surface area contributed by atoms with Crippen LogP contribution in [0.15, 0.2) is 58.2 Å². The third-order valence-electron chi connectivity index (χ3n) is 5.23. The molecular weight excluding hydrogens is 412 g/mol. The Morgan fingerprint density at radius 2 is 1.97 bits per heavy atom. The number of piperazine rings is 1. The van der Waals surface area contributed by atoms with Gasteiger partial charge in [-0.05, 0) is 19.1 Å². The molecule has 1 aliphatic heterocycles. The van der Waals surface area contributed by atoms with Gasteiger partial charge in [0.1, 0.15) is 22.4 Å². The lowest BCUT2D eigenvalue weighted by Crippen LogP contribution is -2.49. The number of carbonyl (C=O) groups is 1. The van der Waals surface area contributed by atoms with Gasteiger partial charge in [0.2, 0.25) is 0 Å². The number of carbonyl (C=O) groups excluding carboxylic acids is 1. The first-order chi connectivity index (χ1) is 15.0. The highest BCUT2D eigenvalue weighted by atomic mass is 32.1. The van der Waals surface area contributed by atoms with Gasteiger partial charge in [-0.1, -0.05) is 29.8 Å². The molecule has 1 saturated heterocycles. The maximum absolute atomic E-state index is 12.4. The fourth-order valence-electron chi connectivity index (χ4n) is 3.44. The van der Waals surface area contributed by atoms with E-state index in [-0.39, 0.29) is 23.8 Å². The van der Waals surface area contributed by atoms with Crippen molar-refractivity contribution >= 4 is 22.8 Å². The van der Waals surface area contributed by atoms with Gasteiger partial charge < -0.3 is 14.4 Å². The number of aromatic nitrogens is 1. The Morgan fingerprint density at radius 3 is 2.61 bits per heavy atom. The van der Waals surface area contributed by atoms with Crippen molar-refractivity contribution in [3.63, 3.8) is 0 Å². The standard InChI is InChI=1S/C23H22N4O3S/c1-16-4-6-17(7-5-16)19-15-31-22(25-19)18(13-24)20(28)14-26-8-10-27(11-9-26)23(29)21-3-2-12-30-21/h2-7,12,15,28H,8-11,14H2,1H3/b20-18-. The fraction of sp³-hybridized carbons (Fsp3) is 0.261. The molecule has 31 heavy (non-hydrogen) atoms. The third-order valence-corrected chi connectivity index (χ3v) is 6.09. The zero-order valence-electron chi connectivity index (χ0n) is 17.1. The fourth-order valence-corrected chi connectivity index (χ4v) is 4.28. The predicted molar refractivity (Wildman–Crippen MR) is 119 cm³/mol. The quantitative estimate of drug-likeness (QED) is 0.483. The van der Waals surface area contributed by atoms with E-state index in [1.807, 2.05) is 41.5 Å². The zero-order valence-corrected chi connectivity index (χ0v) is 17.9. The van der Waals surface area contributed by atoms with Crippen molar-refractivity contribution in [3.05, 3.63) is 70.1 Å². The summed E-state index contributed by atoms with van der Waals surface area (Å²) in [5.74, 6) is 0.197. The van der Waals surface area contributed by atoms with Gasteiger partial charge >= 0.3 is 0 Å². The lowest BCUT2D eigenvalue weighted by Gasteiger charge is -2.34. The van der Waals surface area contributed by atoms with E-state index < -0.39 is 0 Å². The highest BCUT2D eigenvalue weighted by Gasteiger charge is 2.25. The van der Waals surface area contributed by atoms with Crippen LogP contribution in [0.4, 0.5) is 0 Å². The summed E-state index contributed by atoms with van der Waals surface area (Å²) in [7, 11) is 0. The average molecular weight is 435 g/mol. The summed E-state index contributed by atoms with van der Waals surface area (Å²) in [6.07, 6.45) is 1.48. The molecule has 0 atom stereocenters. The molecule has 1 amide bonds. The first kappa shape index (κ1) is 20.8. The molecule has 3 heterocycles. The van der Waals surface area contributed by atoms with Gasteiger partial charge in [-0.2, -0.15) is 5.26 Å². The van der Waals surface area contributed by atoms with E-state index in [2.05, 4.69) is 11.1 Å². The van der Waals surface area contributed by atoms with Crippen LogP contribution in [0.5, 0.6) is 0 Å². The molecule has 0 unspecified atom stereocenters. The first-order valence-electron chi connectivity index (χ1n) is 9.95. The van der Waals surface area contributed by atoms with E-state index in [0.717, 1.165) is 11.3 Å². The summed E-state index contributed by atoms with van der Waals surface area (Å²) >= 11 is 1.34. The Kier molecular flexibility index (Phi) is 6.16. The van der Waals surface area contributed by atoms with Gasteiger partial charge in [0.05, 0.1) is 18.5 Å². The van der Waals surface area contributed by atoms with Crippen LogP contribution in [0, 0.1) is 18.3 Å². The number of rotatable bonds is 5. The molecule has 1 N–H and O–H groups in total. The minimum atomic E-state index is -0.131. The number of nitriles is 1. The van der Waals surface area contributed by atoms with Gasteiger partial charge in [0.15, 0.2) is 5.76 Å². The molecule has 158 valence electrons. The molecule has 0 spiro atoms. The van der Waals surface area contributed by atoms with Crippen LogP contribution in [0.2, 0.25) is 0 Å². The summed E-state index contributed by atoms with van der Waals surface area (Å²) in [4.78, 5) is 20.7. The molecule has 0 radical (unpaired) electrons. The first-order valence-corrected chi connectivity index (χ1v) is 10.8. The molecule has 0 aliphatic carbocycles. The smallest absolute Gasteiger partial charge is 0.289 e. The second-order valence-electron chi connectivity index (χ2n) is 7.38. The van der Waals surface area contributed by atoms with Crippen LogP contribution in [-0.4, -0.2) is 58.5 Å². The van der Waals surface area contributed by atoms with Crippen LogP contribution in [-0.2, 0) is 0 Å². The molecule has 8 heteroatoms. The van der Waals surface area contributed by atoms with Crippen LogP contribution in [0.25, 0.3) is 16.8 Å². The van der Waals surface area contributed by atoms with E-state index in [9.17, 15) is 15.2 Å². The predicted octanol–water partition coefficient (Wildman–Crippen LogP) is 3.96. The van der Waals surface area contributed by atoms with Crippen LogP contribution in [0.3, 0.4) is 0 Å². The SMILES string of the molecule is Cc1ccc(-c2csc(/C(C#N)=C(\O)CN3CCN(C(=O)c4ccco4)CC3)n2)cc1. The maximum atomic E-state index is 12.4. The van der Waals surface area contributed by atoms with Crippen LogP contribution < -0.4 is 0 Å². The summed E-state index contributed by atoms with van der Waals surface area (Å²) < 4.78 is 5.18. The monoisotopic (exact) mass is 434 g/mol. The van der Waals surface area contributed by atoms with Gasteiger partial charge in [0, 0.05) is 37.1 Å². The number of aliphatic hydroxyl groups excluding tert-OH is 1. The van der Waals surface area contributed by atoms with Gasteiger partial charge in [-0.25, -0.2) is 4.98 Å². The Bertz CT molecular complexity index is 1120. The van der Waals surface area contributed by atoms with Crippen molar-refractivity contribution in [2.24, 2.45) is 0 Å². The number of furan rings is 1. The molecule has 1 fully saturated rings. The normalized spacial score (nSPS) is 15.4. The number of hydrogen-bond acceptors (Lipinski definition) is 7. The maximum Gasteiger partial charge on any atom is 0.289 e. The second-order valence-corrected chi connectivity index (χ2v) is 8.24. The van der Waals surface area contributed by atoms with Gasteiger partial charge in [-0.3, -0.25) is 9.69 Å². The molecular formula is C23H22N4O3S. The number of allylic oxidation sites excluding steroid dienone is 1. The topological polar surface area (TPSA) is 93.6 Å². The van der Waals surface area contributed by atoms with Crippen molar-refractivity contribution in [3.8, 4) is 17.3 Å². The van der Waals surface area contributed by atoms with Crippen molar-refractivity contribution in [2.45, 2.75) is 6.92 Å². The summed E-state index contributed by atoms with van der Waals surface area (Å²) in [6, 6.07) is 13.5. The second kappa shape index (κ2) is 9.16. The lowest BCUT2D eigenvalue weighted by atomic mass is 10.1. The molecule has 1 aliphatic rings. The molecule has 0 saturated carbocycles. The number of aliphatic hydroxyl groups is 1. The molecule has 3 aromatic rings. The van der Waals surface area contributed by atoms with Crippen molar-refractivity contribution in [1.82, 2.24) is 14.8 Å². The Morgan fingerprint density at radius 1 is 1.23 bits per heavy atom. The molecule has 4 rings (SSSR count). The highest BCUT2D eigenvalue weighted by molar-refractivity contribution is 7.11. The number of amides is 1. The van der Waals surface area contributed by atoms with Crippen LogP contribution in [0.1, 0.15) is 21.1 Å². The Balaban J connectivity index is 1.41. The third kappa shape index (κ3) is 4.68. The minimum absolute atomic E-state index is 0.00174. The van der Waals surface area contributed by atoms with Crippen LogP contribution >= 0.6 is 11.3 Å². The summed E-state index contributed by atoms with van der Waals surface area (Å²) in [5.41, 5.74) is 3.12. The Hall–Kier alpha value is -3.41. The van der Waals surface area contributed by atoms with Crippen molar-refractivity contribution in [2.75, 3.05) is 32.7 Å².